The smallest absolute Gasteiger partial charge is 0.305 e. The van der Waals surface area contributed by atoms with Gasteiger partial charge in [0.1, 0.15) is 6.61 Å². The molecule has 0 saturated carbocycles. The summed E-state index contributed by atoms with van der Waals surface area (Å²) in [6.07, 6.45) is 9.83. The van der Waals surface area contributed by atoms with Gasteiger partial charge in [0.05, 0.1) is 72.7 Å². The molecule has 2 fully saturated rings. The van der Waals surface area contributed by atoms with E-state index < -0.39 is 0 Å². The Bertz CT molecular complexity index is 609. The van der Waals surface area contributed by atoms with Crippen molar-refractivity contribution in [1.29, 1.82) is 0 Å². The van der Waals surface area contributed by atoms with Crippen molar-refractivity contribution in [3.05, 3.63) is 0 Å². The summed E-state index contributed by atoms with van der Waals surface area (Å²) in [5, 5.41) is 0. The van der Waals surface area contributed by atoms with Gasteiger partial charge in [-0.1, -0.05) is 39.0 Å². The van der Waals surface area contributed by atoms with Gasteiger partial charge < -0.3 is 33.2 Å². The van der Waals surface area contributed by atoms with E-state index in [9.17, 15) is 4.79 Å². The molecule has 0 bridgehead atoms. The second-order valence-electron chi connectivity index (χ2n) is 11.0. The summed E-state index contributed by atoms with van der Waals surface area (Å²) in [5.74, 6) is 0.550. The van der Waals surface area contributed by atoms with Gasteiger partial charge in [0, 0.05) is 52.3 Å². The Morgan fingerprint density at radius 1 is 0.756 bits per heavy atom. The van der Waals surface area contributed by atoms with E-state index in [4.69, 9.17) is 33.2 Å². The highest BCUT2D eigenvalue weighted by atomic mass is 16.6. The van der Waals surface area contributed by atoms with E-state index in [0.717, 1.165) is 78.4 Å². The van der Waals surface area contributed by atoms with E-state index in [0.29, 0.717) is 71.2 Å². The zero-order valence-corrected chi connectivity index (χ0v) is 26.2. The standard InChI is InChI=1S/C31H60N2O8/c1-3-4-6-9-29(10-7-5-8-11-31(34)41-21-14-32-12-17-36-18-13-32)30-28-40-20-16-33(30)15-19-37-24-25-39-27-26-38-23-22-35-2/h29-30H,3-28H2,1-2H3. The van der Waals surface area contributed by atoms with E-state index in [2.05, 4.69) is 16.7 Å². The van der Waals surface area contributed by atoms with E-state index in [-0.39, 0.29) is 5.97 Å². The molecule has 0 amide bonds. The number of ether oxygens (including phenoxy) is 7. The molecule has 10 heteroatoms. The SMILES string of the molecule is CCCCCC(CCCCCC(=O)OCCN1CCOCC1)C1COCCN1CCOCCOCCOCCOC. The topological polar surface area (TPSA) is 88.2 Å². The molecule has 2 atom stereocenters. The molecule has 2 unspecified atom stereocenters. The molecule has 0 aromatic rings. The number of hydrogen-bond acceptors (Lipinski definition) is 10. The number of carbonyl (C=O) groups is 1. The number of nitrogens with zero attached hydrogens (tertiary/aromatic N) is 2. The first-order valence-corrected chi connectivity index (χ1v) is 16.2. The maximum absolute atomic E-state index is 12.2. The minimum Gasteiger partial charge on any atom is -0.464 e. The van der Waals surface area contributed by atoms with Crippen molar-refractivity contribution < 1.29 is 38.0 Å². The van der Waals surface area contributed by atoms with Gasteiger partial charge in [-0.2, -0.15) is 0 Å². The average molecular weight is 589 g/mol. The average Bonchev–Trinajstić information content (AvgIpc) is 2.99. The largest absolute Gasteiger partial charge is 0.464 e. The molecular formula is C31H60N2O8. The quantitative estimate of drug-likeness (QED) is 0.111. The predicted molar refractivity (Wildman–Crippen MR) is 159 cm³/mol. The monoisotopic (exact) mass is 588 g/mol. The Morgan fingerprint density at radius 2 is 1.41 bits per heavy atom. The third kappa shape index (κ3) is 18.4. The van der Waals surface area contributed by atoms with Crippen LogP contribution in [0.25, 0.3) is 0 Å². The Labute approximate surface area is 249 Å². The molecule has 0 N–H and O–H groups in total. The summed E-state index contributed by atoms with van der Waals surface area (Å²) in [5.41, 5.74) is 0. The van der Waals surface area contributed by atoms with Gasteiger partial charge in [-0.25, -0.2) is 0 Å². The van der Waals surface area contributed by atoms with Crippen LogP contribution in [-0.2, 0) is 38.0 Å². The fraction of sp³-hybridized carbons (Fsp3) is 0.968. The lowest BCUT2D eigenvalue weighted by Gasteiger charge is -2.40. The number of unbranched alkanes of at least 4 members (excludes halogenated alkanes) is 4. The molecule has 2 heterocycles. The van der Waals surface area contributed by atoms with Crippen molar-refractivity contribution in [2.45, 2.75) is 70.8 Å². The van der Waals surface area contributed by atoms with Gasteiger partial charge >= 0.3 is 5.97 Å². The molecule has 2 rings (SSSR count). The van der Waals surface area contributed by atoms with Crippen molar-refractivity contribution >= 4 is 5.97 Å². The van der Waals surface area contributed by atoms with Crippen molar-refractivity contribution in [2.24, 2.45) is 5.92 Å². The van der Waals surface area contributed by atoms with Crippen LogP contribution in [-0.4, -0.2) is 141 Å². The normalized spacial score (nSPS) is 19.4. The van der Waals surface area contributed by atoms with Crippen molar-refractivity contribution in [1.82, 2.24) is 9.80 Å². The maximum Gasteiger partial charge on any atom is 0.305 e. The van der Waals surface area contributed by atoms with Crippen LogP contribution in [0.2, 0.25) is 0 Å². The number of rotatable bonds is 26. The molecule has 2 saturated heterocycles. The Morgan fingerprint density at radius 3 is 2.12 bits per heavy atom. The van der Waals surface area contributed by atoms with E-state index >= 15 is 0 Å². The fourth-order valence-corrected chi connectivity index (χ4v) is 5.46. The first-order chi connectivity index (χ1) is 20.2. The zero-order chi connectivity index (χ0) is 29.2. The molecule has 0 aromatic carbocycles. The highest BCUT2D eigenvalue weighted by molar-refractivity contribution is 5.69. The third-order valence-electron chi connectivity index (χ3n) is 7.93. The molecular weight excluding hydrogens is 528 g/mol. The predicted octanol–water partition coefficient (Wildman–Crippen LogP) is 3.41. The summed E-state index contributed by atoms with van der Waals surface area (Å²) in [7, 11) is 1.67. The maximum atomic E-state index is 12.2. The number of morpholine rings is 2. The molecule has 0 radical (unpaired) electrons. The summed E-state index contributed by atoms with van der Waals surface area (Å²) in [6, 6.07) is 0.440. The van der Waals surface area contributed by atoms with Crippen LogP contribution < -0.4 is 0 Å². The van der Waals surface area contributed by atoms with Gasteiger partial charge in [0.25, 0.3) is 0 Å². The molecule has 2 aliphatic heterocycles. The molecule has 2 aliphatic rings. The lowest BCUT2D eigenvalue weighted by Crippen LogP contribution is -2.50. The van der Waals surface area contributed by atoms with E-state index in [1.54, 1.807) is 7.11 Å². The zero-order valence-electron chi connectivity index (χ0n) is 26.2. The minimum atomic E-state index is -0.0644. The van der Waals surface area contributed by atoms with Crippen molar-refractivity contribution in [2.75, 3.05) is 119 Å². The van der Waals surface area contributed by atoms with E-state index in [1.807, 2.05) is 0 Å². The van der Waals surface area contributed by atoms with Gasteiger partial charge in [0.15, 0.2) is 0 Å². The van der Waals surface area contributed by atoms with Crippen LogP contribution >= 0.6 is 0 Å². The summed E-state index contributed by atoms with van der Waals surface area (Å²) in [4.78, 5) is 17.0. The summed E-state index contributed by atoms with van der Waals surface area (Å²) < 4.78 is 38.6. The second kappa shape index (κ2) is 25.6. The van der Waals surface area contributed by atoms with E-state index in [1.165, 1.54) is 32.1 Å². The lowest BCUT2D eigenvalue weighted by atomic mass is 9.87. The first-order valence-electron chi connectivity index (χ1n) is 16.2. The number of methoxy groups -OCH3 is 1. The Balaban J connectivity index is 1.60. The lowest BCUT2D eigenvalue weighted by molar-refractivity contribution is -0.144. The summed E-state index contributed by atoms with van der Waals surface area (Å²) >= 11 is 0. The minimum absolute atomic E-state index is 0.0644. The van der Waals surface area contributed by atoms with Gasteiger partial charge in [-0.15, -0.1) is 0 Å². The van der Waals surface area contributed by atoms with Crippen LogP contribution in [0.4, 0.5) is 0 Å². The fourth-order valence-electron chi connectivity index (χ4n) is 5.46. The van der Waals surface area contributed by atoms with Crippen LogP contribution in [0.15, 0.2) is 0 Å². The Kier molecular flexibility index (Phi) is 22.7. The van der Waals surface area contributed by atoms with Crippen molar-refractivity contribution in [3.63, 3.8) is 0 Å². The third-order valence-corrected chi connectivity index (χ3v) is 7.93. The number of hydrogen-bond donors (Lipinski definition) is 0. The molecule has 0 spiro atoms. The van der Waals surface area contributed by atoms with Crippen LogP contribution in [0.3, 0.4) is 0 Å². The molecule has 0 aliphatic carbocycles. The van der Waals surface area contributed by atoms with Crippen LogP contribution in [0.5, 0.6) is 0 Å². The van der Waals surface area contributed by atoms with Crippen LogP contribution in [0, 0.1) is 5.92 Å². The Hall–Kier alpha value is -0.850. The van der Waals surface area contributed by atoms with Crippen molar-refractivity contribution in [3.8, 4) is 0 Å². The highest BCUT2D eigenvalue weighted by Gasteiger charge is 2.29. The van der Waals surface area contributed by atoms with Gasteiger partial charge in [-0.3, -0.25) is 14.6 Å². The molecule has 242 valence electrons. The van der Waals surface area contributed by atoms with Gasteiger partial charge in [0.2, 0.25) is 0 Å². The number of carbonyl (C=O) groups excluding carboxylic acids is 1. The second-order valence-corrected chi connectivity index (χ2v) is 11.0. The first kappa shape index (κ1) is 36.3. The number of esters is 1. The van der Waals surface area contributed by atoms with Gasteiger partial charge in [-0.05, 0) is 25.2 Å². The highest BCUT2D eigenvalue weighted by Crippen LogP contribution is 2.27. The molecule has 0 aromatic heterocycles. The molecule has 41 heavy (non-hydrogen) atoms. The summed E-state index contributed by atoms with van der Waals surface area (Å²) in [6.45, 7) is 14.7. The molecule has 10 nitrogen and oxygen atoms in total. The van der Waals surface area contributed by atoms with Crippen LogP contribution in [0.1, 0.15) is 64.7 Å².